The average molecular weight is 394 g/mol. The summed E-state index contributed by atoms with van der Waals surface area (Å²) in [6.07, 6.45) is 5.22. The minimum Gasteiger partial charge on any atom is -0.418 e. The maximum absolute atomic E-state index is 11.8. The van der Waals surface area contributed by atoms with E-state index in [-0.39, 0.29) is 24.9 Å². The number of aliphatic hydroxyl groups excluding tert-OH is 1. The normalized spacial score (nSPS) is 11.0. The molecule has 0 aliphatic rings. The number of nitrogens with zero attached hydrogens (tertiary/aromatic N) is 6. The molecule has 0 aliphatic heterocycles. The number of aliphatic hydroxyl groups is 1. The first-order valence-corrected chi connectivity index (χ1v) is 8.97. The van der Waals surface area contributed by atoms with Crippen molar-refractivity contribution in [2.75, 3.05) is 18.5 Å². The summed E-state index contributed by atoms with van der Waals surface area (Å²) in [7, 11) is 0. The number of fused-ring (bicyclic) bond motifs is 1. The zero-order valence-corrected chi connectivity index (χ0v) is 15.5. The summed E-state index contributed by atoms with van der Waals surface area (Å²) >= 11 is 0. The van der Waals surface area contributed by atoms with E-state index in [1.165, 1.54) is 0 Å². The Balaban J connectivity index is 1.83. The van der Waals surface area contributed by atoms with Crippen molar-refractivity contribution >= 4 is 17.5 Å². The number of amides is 2. The molecular formula is C18H18N8O3. The fraction of sp³-hybridized carbons (Fsp3) is 0.222. The fourth-order valence-electron chi connectivity index (χ4n) is 2.72. The lowest BCUT2D eigenvalue weighted by atomic mass is 10.2. The SMILES string of the molecule is CCNC(=O)Nc1cn2c(-c3nnc(CCO)o3)nc(-c3cccnc3)cc2n1. The lowest BCUT2D eigenvalue weighted by molar-refractivity contribution is 0.252. The van der Waals surface area contributed by atoms with Crippen molar-refractivity contribution in [3.63, 3.8) is 0 Å². The largest absolute Gasteiger partial charge is 0.418 e. The molecular weight excluding hydrogens is 376 g/mol. The van der Waals surface area contributed by atoms with Gasteiger partial charge in [-0.3, -0.25) is 14.7 Å². The number of carbonyl (C=O) groups is 1. The highest BCUT2D eigenvalue weighted by Gasteiger charge is 2.18. The number of hydrogen-bond acceptors (Lipinski definition) is 8. The van der Waals surface area contributed by atoms with E-state index in [1.807, 2.05) is 13.0 Å². The van der Waals surface area contributed by atoms with Gasteiger partial charge in [-0.1, -0.05) is 0 Å². The van der Waals surface area contributed by atoms with Crippen LogP contribution in [-0.4, -0.2) is 53.8 Å². The van der Waals surface area contributed by atoms with Crippen molar-refractivity contribution in [2.45, 2.75) is 13.3 Å². The monoisotopic (exact) mass is 394 g/mol. The number of hydrogen-bond donors (Lipinski definition) is 3. The maximum atomic E-state index is 11.8. The lowest BCUT2D eigenvalue weighted by Gasteiger charge is -2.05. The van der Waals surface area contributed by atoms with Crippen molar-refractivity contribution in [1.82, 2.24) is 34.9 Å². The average Bonchev–Trinajstić information content (AvgIpc) is 3.35. The first-order chi connectivity index (χ1) is 14.2. The van der Waals surface area contributed by atoms with Crippen LogP contribution in [0, 0.1) is 0 Å². The van der Waals surface area contributed by atoms with Crippen LogP contribution in [0.25, 0.3) is 28.6 Å². The summed E-state index contributed by atoms with van der Waals surface area (Å²) in [4.78, 5) is 25.1. The van der Waals surface area contributed by atoms with Gasteiger partial charge < -0.3 is 14.8 Å². The number of anilines is 1. The Bertz CT molecular complexity index is 1140. The minimum absolute atomic E-state index is 0.105. The van der Waals surface area contributed by atoms with Crippen molar-refractivity contribution in [2.24, 2.45) is 0 Å². The summed E-state index contributed by atoms with van der Waals surface area (Å²) in [5.41, 5.74) is 1.92. The number of nitrogens with one attached hydrogen (secondary N) is 2. The van der Waals surface area contributed by atoms with E-state index in [0.29, 0.717) is 35.4 Å². The summed E-state index contributed by atoms with van der Waals surface area (Å²) < 4.78 is 7.28. The quantitative estimate of drug-likeness (QED) is 0.446. The van der Waals surface area contributed by atoms with Crippen LogP contribution < -0.4 is 10.6 Å². The van der Waals surface area contributed by atoms with Gasteiger partial charge >= 0.3 is 6.03 Å². The Hall–Kier alpha value is -3.86. The molecule has 0 unspecified atom stereocenters. The smallest absolute Gasteiger partial charge is 0.320 e. The van der Waals surface area contributed by atoms with Gasteiger partial charge in [-0.05, 0) is 19.1 Å². The molecule has 2 amide bonds. The lowest BCUT2D eigenvalue weighted by Crippen LogP contribution is -2.28. The van der Waals surface area contributed by atoms with E-state index in [1.54, 1.807) is 35.1 Å². The third kappa shape index (κ3) is 3.89. The van der Waals surface area contributed by atoms with Crippen LogP contribution in [0.3, 0.4) is 0 Å². The van der Waals surface area contributed by atoms with E-state index in [2.05, 4.69) is 35.8 Å². The molecule has 4 aromatic heterocycles. The van der Waals surface area contributed by atoms with Gasteiger partial charge in [-0.2, -0.15) is 0 Å². The summed E-state index contributed by atoms with van der Waals surface area (Å²) in [5, 5.41) is 22.4. The number of pyridine rings is 1. The fourth-order valence-corrected chi connectivity index (χ4v) is 2.72. The molecule has 29 heavy (non-hydrogen) atoms. The van der Waals surface area contributed by atoms with E-state index < -0.39 is 0 Å². The van der Waals surface area contributed by atoms with Gasteiger partial charge in [0.25, 0.3) is 5.89 Å². The number of urea groups is 1. The molecule has 0 atom stereocenters. The predicted octanol–water partition coefficient (Wildman–Crippen LogP) is 1.52. The molecule has 0 saturated carbocycles. The maximum Gasteiger partial charge on any atom is 0.320 e. The first-order valence-electron chi connectivity index (χ1n) is 8.97. The highest BCUT2D eigenvalue weighted by atomic mass is 16.4. The van der Waals surface area contributed by atoms with Crippen LogP contribution >= 0.6 is 0 Å². The first kappa shape index (κ1) is 18.5. The second-order valence-electron chi connectivity index (χ2n) is 6.02. The standard InChI is InChI=1S/C18H18N8O3/c1-2-20-18(28)23-13-10-26-14(22-13)8-12(11-4-3-6-19-9-11)21-16(26)17-25-24-15(29-17)5-7-27/h3-4,6,8-10,27H,2,5,7H2,1H3,(H2,20,23,28). The molecule has 4 rings (SSSR count). The number of aromatic nitrogens is 6. The Morgan fingerprint density at radius 3 is 2.97 bits per heavy atom. The molecule has 0 aliphatic carbocycles. The van der Waals surface area contributed by atoms with Crippen LogP contribution in [0.15, 0.2) is 41.2 Å². The molecule has 148 valence electrons. The Morgan fingerprint density at radius 2 is 2.21 bits per heavy atom. The van der Waals surface area contributed by atoms with Crippen molar-refractivity contribution < 1.29 is 14.3 Å². The Kier molecular flexibility index (Phi) is 5.12. The van der Waals surface area contributed by atoms with Gasteiger partial charge in [0.15, 0.2) is 5.82 Å². The summed E-state index contributed by atoms with van der Waals surface area (Å²) in [6.45, 7) is 2.21. The minimum atomic E-state index is -0.360. The zero-order valence-electron chi connectivity index (χ0n) is 15.5. The Morgan fingerprint density at radius 1 is 1.31 bits per heavy atom. The van der Waals surface area contributed by atoms with Crippen LogP contribution in [0.2, 0.25) is 0 Å². The molecule has 11 nitrogen and oxygen atoms in total. The zero-order chi connectivity index (χ0) is 20.2. The van der Waals surface area contributed by atoms with Crippen molar-refractivity contribution in [1.29, 1.82) is 0 Å². The third-order valence-electron chi connectivity index (χ3n) is 3.97. The summed E-state index contributed by atoms with van der Waals surface area (Å²) in [6, 6.07) is 5.09. The van der Waals surface area contributed by atoms with Crippen LogP contribution in [-0.2, 0) is 6.42 Å². The molecule has 0 saturated heterocycles. The number of carbonyl (C=O) groups excluding carboxylic acids is 1. The van der Waals surface area contributed by atoms with Crippen molar-refractivity contribution in [3.8, 4) is 23.0 Å². The molecule has 11 heteroatoms. The van der Waals surface area contributed by atoms with Crippen LogP contribution in [0.5, 0.6) is 0 Å². The van der Waals surface area contributed by atoms with Gasteiger partial charge in [-0.25, -0.2) is 14.8 Å². The van der Waals surface area contributed by atoms with Crippen LogP contribution in [0.4, 0.5) is 10.6 Å². The molecule has 0 spiro atoms. The highest BCUT2D eigenvalue weighted by molar-refractivity contribution is 5.88. The summed E-state index contributed by atoms with van der Waals surface area (Å²) in [5.74, 6) is 1.17. The Labute approximate surface area is 164 Å². The molecule has 0 fully saturated rings. The topological polar surface area (TPSA) is 143 Å². The van der Waals surface area contributed by atoms with Crippen molar-refractivity contribution in [3.05, 3.63) is 42.7 Å². The molecule has 0 radical (unpaired) electrons. The van der Waals surface area contributed by atoms with E-state index in [4.69, 9.17) is 9.52 Å². The second-order valence-corrected chi connectivity index (χ2v) is 6.02. The molecule has 0 bridgehead atoms. The van der Waals surface area contributed by atoms with E-state index in [9.17, 15) is 4.79 Å². The number of rotatable bonds is 6. The highest BCUT2D eigenvalue weighted by Crippen LogP contribution is 2.25. The van der Waals surface area contributed by atoms with Gasteiger partial charge in [0.1, 0.15) is 5.65 Å². The van der Waals surface area contributed by atoms with Gasteiger partial charge in [0.2, 0.25) is 11.7 Å². The third-order valence-corrected chi connectivity index (χ3v) is 3.97. The molecule has 4 aromatic rings. The van der Waals surface area contributed by atoms with E-state index >= 15 is 0 Å². The molecule has 4 heterocycles. The predicted molar refractivity (Wildman–Crippen MR) is 103 cm³/mol. The van der Waals surface area contributed by atoms with Crippen LogP contribution in [0.1, 0.15) is 12.8 Å². The van der Waals surface area contributed by atoms with Gasteiger partial charge in [0, 0.05) is 37.0 Å². The molecule has 0 aromatic carbocycles. The van der Waals surface area contributed by atoms with Gasteiger partial charge in [-0.15, -0.1) is 10.2 Å². The second kappa shape index (κ2) is 8.02. The molecule has 3 N–H and O–H groups in total. The van der Waals surface area contributed by atoms with Gasteiger partial charge in [0.05, 0.1) is 18.5 Å². The number of imidazole rings is 1. The van der Waals surface area contributed by atoms with E-state index in [0.717, 1.165) is 5.56 Å².